The molecular weight excluding hydrogens is 310 g/mol. The van der Waals surface area contributed by atoms with Gasteiger partial charge in [-0.15, -0.1) is 10.2 Å². The SMILES string of the molecule is c1ccc2c(C3CCN(CCc4nnc5ccccn45)C3)c[nH]c2c1. The van der Waals surface area contributed by atoms with Crippen molar-refractivity contribution in [2.24, 2.45) is 0 Å². The highest BCUT2D eigenvalue weighted by molar-refractivity contribution is 5.83. The second kappa shape index (κ2) is 6.01. The summed E-state index contributed by atoms with van der Waals surface area (Å²) in [6.07, 6.45) is 6.41. The zero-order valence-corrected chi connectivity index (χ0v) is 14.1. The molecule has 5 rings (SSSR count). The summed E-state index contributed by atoms with van der Waals surface area (Å²) in [5.74, 6) is 1.66. The molecule has 5 heteroatoms. The number of aromatic nitrogens is 4. The van der Waals surface area contributed by atoms with Gasteiger partial charge < -0.3 is 9.88 Å². The van der Waals surface area contributed by atoms with E-state index in [0.29, 0.717) is 5.92 Å². The molecule has 25 heavy (non-hydrogen) atoms. The number of aromatic amines is 1. The molecule has 1 N–H and O–H groups in total. The summed E-state index contributed by atoms with van der Waals surface area (Å²) in [4.78, 5) is 5.97. The summed E-state index contributed by atoms with van der Waals surface area (Å²) in [5, 5.41) is 9.96. The number of fused-ring (bicyclic) bond motifs is 2. The molecule has 1 fully saturated rings. The summed E-state index contributed by atoms with van der Waals surface area (Å²) in [7, 11) is 0. The molecule has 0 radical (unpaired) electrons. The molecular formula is C20H21N5. The Morgan fingerprint density at radius 3 is 3.00 bits per heavy atom. The van der Waals surface area contributed by atoms with E-state index in [2.05, 4.69) is 54.9 Å². The summed E-state index contributed by atoms with van der Waals surface area (Å²) < 4.78 is 2.09. The van der Waals surface area contributed by atoms with Crippen molar-refractivity contribution in [3.8, 4) is 0 Å². The molecule has 4 heterocycles. The molecule has 0 bridgehead atoms. The van der Waals surface area contributed by atoms with Gasteiger partial charge in [0.05, 0.1) is 0 Å². The number of hydrogen-bond acceptors (Lipinski definition) is 3. The van der Waals surface area contributed by atoms with E-state index in [4.69, 9.17) is 0 Å². The van der Waals surface area contributed by atoms with Crippen LogP contribution in [0.4, 0.5) is 0 Å². The first kappa shape index (κ1) is 14.7. The second-order valence-electron chi connectivity index (χ2n) is 6.87. The Labute approximate surface area is 146 Å². The Hall–Kier alpha value is -2.66. The third kappa shape index (κ3) is 2.61. The summed E-state index contributed by atoms with van der Waals surface area (Å²) in [5.41, 5.74) is 3.63. The highest BCUT2D eigenvalue weighted by atomic mass is 15.2. The van der Waals surface area contributed by atoms with Crippen LogP contribution in [-0.4, -0.2) is 44.1 Å². The van der Waals surface area contributed by atoms with Gasteiger partial charge in [0.1, 0.15) is 5.82 Å². The van der Waals surface area contributed by atoms with Gasteiger partial charge >= 0.3 is 0 Å². The van der Waals surface area contributed by atoms with Crippen molar-refractivity contribution in [3.63, 3.8) is 0 Å². The molecule has 1 unspecified atom stereocenters. The smallest absolute Gasteiger partial charge is 0.160 e. The van der Waals surface area contributed by atoms with E-state index in [-0.39, 0.29) is 0 Å². The lowest BCUT2D eigenvalue weighted by molar-refractivity contribution is 0.336. The average Bonchev–Trinajstić information content (AvgIpc) is 3.37. The number of hydrogen-bond donors (Lipinski definition) is 1. The number of nitrogens with one attached hydrogen (secondary N) is 1. The molecule has 0 aliphatic carbocycles. The molecule has 126 valence electrons. The number of likely N-dealkylation sites (tertiary alicyclic amines) is 1. The van der Waals surface area contributed by atoms with Crippen molar-refractivity contribution in [2.75, 3.05) is 19.6 Å². The Morgan fingerprint density at radius 1 is 1.08 bits per heavy atom. The monoisotopic (exact) mass is 331 g/mol. The molecule has 1 saturated heterocycles. The third-order valence-electron chi connectivity index (χ3n) is 5.37. The van der Waals surface area contributed by atoms with E-state index in [1.54, 1.807) is 0 Å². The highest BCUT2D eigenvalue weighted by Crippen LogP contribution is 2.32. The normalized spacial score (nSPS) is 18.5. The quantitative estimate of drug-likeness (QED) is 0.624. The minimum absolute atomic E-state index is 0.617. The van der Waals surface area contributed by atoms with E-state index >= 15 is 0 Å². The van der Waals surface area contributed by atoms with Crippen molar-refractivity contribution in [3.05, 3.63) is 66.2 Å². The second-order valence-corrected chi connectivity index (χ2v) is 6.87. The average molecular weight is 331 g/mol. The van der Waals surface area contributed by atoms with Gasteiger partial charge in [-0.2, -0.15) is 0 Å². The minimum Gasteiger partial charge on any atom is -0.361 e. The number of rotatable bonds is 4. The van der Waals surface area contributed by atoms with E-state index in [0.717, 1.165) is 37.5 Å². The standard InChI is InChI=1S/C20H21N5/c1-2-6-18-16(5-1)17(13-21-18)15-8-11-24(14-15)12-9-20-23-22-19-7-3-4-10-25(19)20/h1-7,10,13,15,21H,8-9,11-12,14H2. The number of H-pyrrole nitrogens is 1. The van der Waals surface area contributed by atoms with E-state index < -0.39 is 0 Å². The van der Waals surface area contributed by atoms with Crippen LogP contribution in [0.25, 0.3) is 16.6 Å². The number of nitrogens with zero attached hydrogens (tertiary/aromatic N) is 4. The lowest BCUT2D eigenvalue weighted by Gasteiger charge is -2.15. The lowest BCUT2D eigenvalue weighted by Crippen LogP contribution is -2.23. The van der Waals surface area contributed by atoms with Gasteiger partial charge in [-0.1, -0.05) is 24.3 Å². The minimum atomic E-state index is 0.617. The Kier molecular flexibility index (Phi) is 3.52. The predicted octanol–water partition coefficient (Wildman–Crippen LogP) is 3.24. The van der Waals surface area contributed by atoms with E-state index in [1.807, 2.05) is 24.4 Å². The maximum absolute atomic E-state index is 4.35. The van der Waals surface area contributed by atoms with Crippen LogP contribution in [0.15, 0.2) is 54.9 Å². The van der Waals surface area contributed by atoms with Crippen LogP contribution in [0.5, 0.6) is 0 Å². The first-order chi connectivity index (χ1) is 12.4. The number of pyridine rings is 1. The Balaban J connectivity index is 1.28. The van der Waals surface area contributed by atoms with Crippen molar-refractivity contribution < 1.29 is 0 Å². The fourth-order valence-electron chi connectivity index (χ4n) is 4.04. The van der Waals surface area contributed by atoms with Gasteiger partial charge in [0.25, 0.3) is 0 Å². The molecule has 5 nitrogen and oxygen atoms in total. The van der Waals surface area contributed by atoms with Crippen molar-refractivity contribution in [2.45, 2.75) is 18.8 Å². The van der Waals surface area contributed by atoms with Crippen LogP contribution in [0.1, 0.15) is 23.7 Å². The Bertz CT molecular complexity index is 1010. The van der Waals surface area contributed by atoms with Crippen LogP contribution in [-0.2, 0) is 6.42 Å². The van der Waals surface area contributed by atoms with Crippen molar-refractivity contribution in [1.82, 2.24) is 24.5 Å². The largest absolute Gasteiger partial charge is 0.361 e. The molecule has 3 aromatic heterocycles. The molecule has 0 spiro atoms. The van der Waals surface area contributed by atoms with Gasteiger partial charge in [0.2, 0.25) is 0 Å². The van der Waals surface area contributed by atoms with Crippen molar-refractivity contribution in [1.29, 1.82) is 0 Å². The third-order valence-corrected chi connectivity index (χ3v) is 5.37. The number of para-hydroxylation sites is 1. The van der Waals surface area contributed by atoms with Crippen LogP contribution >= 0.6 is 0 Å². The van der Waals surface area contributed by atoms with Crippen LogP contribution in [0, 0.1) is 0 Å². The maximum atomic E-state index is 4.35. The zero-order valence-electron chi connectivity index (χ0n) is 14.1. The molecule has 1 atom stereocenters. The van der Waals surface area contributed by atoms with Crippen LogP contribution < -0.4 is 0 Å². The van der Waals surface area contributed by atoms with Gasteiger partial charge in [0.15, 0.2) is 5.65 Å². The van der Waals surface area contributed by atoms with Gasteiger partial charge in [-0.3, -0.25) is 4.40 Å². The molecule has 0 saturated carbocycles. The van der Waals surface area contributed by atoms with Gasteiger partial charge in [0, 0.05) is 42.8 Å². The molecule has 1 aromatic carbocycles. The predicted molar refractivity (Wildman–Crippen MR) is 98.8 cm³/mol. The van der Waals surface area contributed by atoms with E-state index in [1.165, 1.54) is 22.9 Å². The molecule has 0 amide bonds. The van der Waals surface area contributed by atoms with Crippen LogP contribution in [0.3, 0.4) is 0 Å². The summed E-state index contributed by atoms with van der Waals surface area (Å²) in [6, 6.07) is 14.6. The van der Waals surface area contributed by atoms with Gasteiger partial charge in [-0.05, 0) is 42.6 Å². The summed E-state index contributed by atoms with van der Waals surface area (Å²) >= 11 is 0. The highest BCUT2D eigenvalue weighted by Gasteiger charge is 2.25. The maximum Gasteiger partial charge on any atom is 0.160 e. The fourth-order valence-corrected chi connectivity index (χ4v) is 4.04. The first-order valence-corrected chi connectivity index (χ1v) is 8.95. The van der Waals surface area contributed by atoms with Crippen molar-refractivity contribution >= 4 is 16.6 Å². The number of benzene rings is 1. The molecule has 4 aromatic rings. The van der Waals surface area contributed by atoms with Crippen LogP contribution in [0.2, 0.25) is 0 Å². The van der Waals surface area contributed by atoms with Gasteiger partial charge in [-0.25, -0.2) is 0 Å². The Morgan fingerprint density at radius 2 is 2.00 bits per heavy atom. The fraction of sp³-hybridized carbons (Fsp3) is 0.300. The molecule has 1 aliphatic rings. The topological polar surface area (TPSA) is 49.2 Å². The zero-order chi connectivity index (χ0) is 16.6. The van der Waals surface area contributed by atoms with E-state index in [9.17, 15) is 0 Å². The lowest BCUT2D eigenvalue weighted by atomic mass is 9.98. The molecule has 1 aliphatic heterocycles. The first-order valence-electron chi connectivity index (χ1n) is 8.95. The summed E-state index contributed by atoms with van der Waals surface area (Å²) in [6.45, 7) is 3.31.